The van der Waals surface area contributed by atoms with Crippen LogP contribution in [0.5, 0.6) is 0 Å². The maximum Gasteiger partial charge on any atom is 0.267 e. The lowest BCUT2D eigenvalue weighted by molar-refractivity contribution is 0.102. The summed E-state index contributed by atoms with van der Waals surface area (Å²) in [5.41, 5.74) is -0.184. The molecule has 0 aliphatic heterocycles. The second-order valence-corrected chi connectivity index (χ2v) is 7.13. The van der Waals surface area contributed by atoms with Crippen LogP contribution >= 0.6 is 11.3 Å². The number of hydrogen-bond donors (Lipinski definition) is 1. The van der Waals surface area contributed by atoms with Crippen LogP contribution in [0.3, 0.4) is 0 Å². The summed E-state index contributed by atoms with van der Waals surface area (Å²) in [5, 5.41) is 6.97. The third-order valence-electron chi connectivity index (χ3n) is 3.22. The number of anilines is 1. The Morgan fingerprint density at radius 3 is 2.73 bits per heavy atom. The van der Waals surface area contributed by atoms with Crippen molar-refractivity contribution in [3.05, 3.63) is 46.8 Å². The van der Waals surface area contributed by atoms with E-state index in [0.717, 1.165) is 4.70 Å². The maximum atomic E-state index is 13.7. The monoisotopic (exact) mass is 318 g/mol. The lowest BCUT2D eigenvalue weighted by Gasteiger charge is -2.11. The van der Waals surface area contributed by atoms with Gasteiger partial charge in [0.2, 0.25) is 0 Å². The van der Waals surface area contributed by atoms with Crippen LogP contribution in [0.15, 0.2) is 34.9 Å². The van der Waals surface area contributed by atoms with Gasteiger partial charge in [-0.1, -0.05) is 32.0 Å². The number of amides is 1. The first-order chi connectivity index (χ1) is 10.3. The van der Waals surface area contributed by atoms with Gasteiger partial charge in [0.1, 0.15) is 11.6 Å². The zero-order chi connectivity index (χ0) is 15.9. The molecule has 114 valence electrons. The van der Waals surface area contributed by atoms with E-state index >= 15 is 0 Å². The smallest absolute Gasteiger partial charge is 0.267 e. The van der Waals surface area contributed by atoms with Gasteiger partial charge in [-0.15, -0.1) is 11.3 Å². The van der Waals surface area contributed by atoms with Gasteiger partial charge in [0.05, 0.1) is 4.88 Å². The molecule has 0 radical (unpaired) electrons. The van der Waals surface area contributed by atoms with Gasteiger partial charge in [0.15, 0.2) is 5.82 Å². The van der Waals surface area contributed by atoms with E-state index in [4.69, 9.17) is 4.52 Å². The number of benzene rings is 1. The second-order valence-electron chi connectivity index (χ2n) is 6.04. The van der Waals surface area contributed by atoms with Crippen LogP contribution in [0, 0.1) is 5.82 Å². The molecule has 0 spiro atoms. The first-order valence-corrected chi connectivity index (χ1v) is 7.63. The molecule has 3 aromatic rings. The fraction of sp³-hybridized carbons (Fsp3) is 0.250. The summed E-state index contributed by atoms with van der Waals surface area (Å²) in [6.45, 7) is 5.98. The molecule has 3 rings (SSSR count). The largest absolute Gasteiger partial charge is 0.359 e. The lowest BCUT2D eigenvalue weighted by Crippen LogP contribution is -2.11. The minimum atomic E-state index is -0.329. The Hall–Kier alpha value is -2.21. The van der Waals surface area contributed by atoms with Gasteiger partial charge in [0.25, 0.3) is 5.91 Å². The van der Waals surface area contributed by atoms with Crippen LogP contribution in [0.25, 0.3) is 10.1 Å². The fourth-order valence-corrected chi connectivity index (χ4v) is 2.97. The van der Waals surface area contributed by atoms with Crippen LogP contribution in [0.1, 0.15) is 36.2 Å². The maximum absolute atomic E-state index is 13.7. The zero-order valence-electron chi connectivity index (χ0n) is 12.4. The number of carbonyl (C=O) groups excluding carboxylic acids is 1. The Balaban J connectivity index is 1.84. The quantitative estimate of drug-likeness (QED) is 0.752. The van der Waals surface area contributed by atoms with Gasteiger partial charge in [-0.25, -0.2) is 4.39 Å². The topological polar surface area (TPSA) is 55.1 Å². The molecule has 0 aliphatic carbocycles. The Bertz CT molecular complexity index is 845. The van der Waals surface area contributed by atoms with Crippen LogP contribution in [-0.4, -0.2) is 11.1 Å². The number of nitrogens with zero attached hydrogens (tertiary/aromatic N) is 1. The highest BCUT2D eigenvalue weighted by Gasteiger charge is 2.21. The fourth-order valence-electron chi connectivity index (χ4n) is 2.00. The molecule has 22 heavy (non-hydrogen) atoms. The van der Waals surface area contributed by atoms with Crippen molar-refractivity contribution in [1.29, 1.82) is 0 Å². The Morgan fingerprint density at radius 2 is 2.09 bits per heavy atom. The minimum Gasteiger partial charge on any atom is -0.359 e. The van der Waals surface area contributed by atoms with Crippen molar-refractivity contribution in [3.63, 3.8) is 0 Å². The van der Waals surface area contributed by atoms with Crippen LogP contribution < -0.4 is 5.32 Å². The van der Waals surface area contributed by atoms with Crippen molar-refractivity contribution >= 4 is 33.1 Å². The first kappa shape index (κ1) is 14.7. The van der Waals surface area contributed by atoms with E-state index in [9.17, 15) is 9.18 Å². The third kappa shape index (κ3) is 2.74. The number of nitrogens with one attached hydrogen (secondary N) is 1. The predicted molar refractivity (Wildman–Crippen MR) is 84.9 cm³/mol. The van der Waals surface area contributed by atoms with Gasteiger partial charge >= 0.3 is 0 Å². The highest BCUT2D eigenvalue weighted by atomic mass is 32.1. The van der Waals surface area contributed by atoms with Gasteiger partial charge in [-0.3, -0.25) is 4.79 Å². The molecule has 1 amide bonds. The van der Waals surface area contributed by atoms with Gasteiger partial charge in [-0.2, -0.15) is 0 Å². The normalized spacial score (nSPS) is 11.8. The molecule has 0 fully saturated rings. The number of thiophene rings is 1. The van der Waals surface area contributed by atoms with Crippen molar-refractivity contribution in [1.82, 2.24) is 5.16 Å². The summed E-state index contributed by atoms with van der Waals surface area (Å²) in [6.07, 6.45) is 0. The molecular weight excluding hydrogens is 303 g/mol. The number of carbonyl (C=O) groups is 1. The highest BCUT2D eigenvalue weighted by molar-refractivity contribution is 7.20. The standard InChI is InChI=1S/C16H15FN2O2S/c1-16(2,3)13-8-14(19-21-13)18-15(20)12-7-9-10(17)5-4-6-11(9)22-12/h4-8H,1-3H3,(H,18,19,20). The minimum absolute atomic E-state index is 0.184. The predicted octanol–water partition coefficient (Wildman–Crippen LogP) is 4.58. The molecule has 6 heteroatoms. The molecule has 0 atom stereocenters. The number of hydrogen-bond acceptors (Lipinski definition) is 4. The van der Waals surface area contributed by atoms with Crippen molar-refractivity contribution < 1.29 is 13.7 Å². The summed E-state index contributed by atoms with van der Waals surface area (Å²) in [4.78, 5) is 12.7. The molecule has 2 aromatic heterocycles. The van der Waals surface area contributed by atoms with Crippen LogP contribution in [-0.2, 0) is 5.41 Å². The second kappa shape index (κ2) is 5.21. The molecular formula is C16H15FN2O2S. The zero-order valence-corrected chi connectivity index (χ0v) is 13.3. The van der Waals surface area contributed by atoms with Crippen molar-refractivity contribution in [3.8, 4) is 0 Å². The average Bonchev–Trinajstić information content (AvgIpc) is 3.04. The summed E-state index contributed by atoms with van der Waals surface area (Å²) >= 11 is 1.24. The Kier molecular flexibility index (Phi) is 3.48. The average molecular weight is 318 g/mol. The molecule has 0 aliphatic rings. The van der Waals surface area contributed by atoms with Gasteiger partial charge in [-0.05, 0) is 18.2 Å². The van der Waals surface area contributed by atoms with E-state index in [1.165, 1.54) is 17.4 Å². The van der Waals surface area contributed by atoms with Gasteiger partial charge in [0, 0.05) is 21.6 Å². The van der Waals surface area contributed by atoms with Crippen molar-refractivity contribution in [2.45, 2.75) is 26.2 Å². The summed E-state index contributed by atoms with van der Waals surface area (Å²) < 4.78 is 19.6. The summed E-state index contributed by atoms with van der Waals surface area (Å²) in [5.74, 6) is 0.386. The molecule has 0 unspecified atom stereocenters. The number of fused-ring (bicyclic) bond motifs is 1. The first-order valence-electron chi connectivity index (χ1n) is 6.81. The van der Waals surface area contributed by atoms with Crippen LogP contribution in [0.2, 0.25) is 0 Å². The molecule has 0 saturated heterocycles. The van der Waals surface area contributed by atoms with E-state index < -0.39 is 0 Å². The lowest BCUT2D eigenvalue weighted by atomic mass is 9.93. The van der Waals surface area contributed by atoms with E-state index in [0.29, 0.717) is 21.8 Å². The van der Waals surface area contributed by atoms with E-state index in [-0.39, 0.29) is 17.1 Å². The SMILES string of the molecule is CC(C)(C)c1cc(NC(=O)c2cc3c(F)cccc3s2)no1. The summed E-state index contributed by atoms with van der Waals surface area (Å²) in [6, 6.07) is 8.04. The van der Waals surface area contributed by atoms with Gasteiger partial charge < -0.3 is 9.84 Å². The van der Waals surface area contributed by atoms with Crippen molar-refractivity contribution in [2.75, 3.05) is 5.32 Å². The molecule has 0 saturated carbocycles. The summed E-state index contributed by atoms with van der Waals surface area (Å²) in [7, 11) is 0. The third-order valence-corrected chi connectivity index (χ3v) is 4.32. The van der Waals surface area contributed by atoms with E-state index in [2.05, 4.69) is 10.5 Å². The van der Waals surface area contributed by atoms with Crippen LogP contribution in [0.4, 0.5) is 10.2 Å². The Labute approximate surface area is 130 Å². The molecule has 2 heterocycles. The van der Waals surface area contributed by atoms with Crippen molar-refractivity contribution in [2.24, 2.45) is 0 Å². The number of rotatable bonds is 2. The molecule has 1 aromatic carbocycles. The van der Waals surface area contributed by atoms with E-state index in [1.54, 1.807) is 24.3 Å². The number of halogens is 1. The molecule has 0 bridgehead atoms. The Morgan fingerprint density at radius 1 is 1.32 bits per heavy atom. The molecule has 1 N–H and O–H groups in total. The highest BCUT2D eigenvalue weighted by Crippen LogP contribution is 2.29. The van der Waals surface area contributed by atoms with E-state index in [1.807, 2.05) is 20.8 Å². The number of aromatic nitrogens is 1. The molecule has 4 nitrogen and oxygen atoms in total.